The minimum atomic E-state index is -0.865. The Balaban J connectivity index is 2.21. The minimum Gasteiger partial charge on any atom is -0.507 e. The maximum atomic E-state index is 12.5. The molecule has 1 aliphatic carbocycles. The van der Waals surface area contributed by atoms with Crippen LogP contribution in [0.3, 0.4) is 0 Å². The van der Waals surface area contributed by atoms with E-state index >= 15 is 0 Å². The Hall–Kier alpha value is -2.18. The minimum absolute atomic E-state index is 0.0236. The van der Waals surface area contributed by atoms with E-state index in [1.54, 1.807) is 0 Å². The fourth-order valence-corrected chi connectivity index (χ4v) is 2.51. The summed E-state index contributed by atoms with van der Waals surface area (Å²) in [7, 11) is 2.81. The van der Waals surface area contributed by atoms with Crippen LogP contribution in [0, 0.1) is 0 Å². The fraction of sp³-hybridized carbons (Fsp3) is 0.286. The van der Waals surface area contributed by atoms with Crippen molar-refractivity contribution in [3.63, 3.8) is 0 Å². The molecule has 6 nitrogen and oxygen atoms in total. The molecule has 0 fully saturated rings. The highest BCUT2D eigenvalue weighted by Crippen LogP contribution is 2.39. The zero-order valence-corrected chi connectivity index (χ0v) is 10.9. The van der Waals surface area contributed by atoms with Gasteiger partial charge in [-0.2, -0.15) is 0 Å². The molecule has 1 aromatic rings. The van der Waals surface area contributed by atoms with Crippen molar-refractivity contribution in [3.8, 4) is 11.5 Å². The molecule has 0 saturated carbocycles. The number of hydrogen-bond donors (Lipinski definition) is 1. The zero-order chi connectivity index (χ0) is 14.4. The number of carbonyl (C=O) groups excluding carboxylic acids is 2. The number of aromatic hydroxyl groups is 1. The average molecular weight is 276 g/mol. The van der Waals surface area contributed by atoms with E-state index in [1.165, 1.54) is 26.4 Å². The van der Waals surface area contributed by atoms with Gasteiger partial charge in [0.15, 0.2) is 17.9 Å². The molecule has 2 aliphatic rings. The molecule has 20 heavy (non-hydrogen) atoms. The van der Waals surface area contributed by atoms with Gasteiger partial charge >= 0.3 is 0 Å². The van der Waals surface area contributed by atoms with E-state index in [4.69, 9.17) is 14.2 Å². The number of ketones is 2. The summed E-state index contributed by atoms with van der Waals surface area (Å²) in [6, 6.07) is 2.74. The van der Waals surface area contributed by atoms with Crippen LogP contribution in [0.15, 0.2) is 23.3 Å². The van der Waals surface area contributed by atoms with Gasteiger partial charge in [-0.1, -0.05) is 0 Å². The van der Waals surface area contributed by atoms with Gasteiger partial charge in [-0.05, 0) is 6.07 Å². The topological polar surface area (TPSA) is 82.1 Å². The van der Waals surface area contributed by atoms with Crippen LogP contribution in [0.4, 0.5) is 0 Å². The molecular weight excluding hydrogens is 264 g/mol. The molecule has 1 aromatic carbocycles. The summed E-state index contributed by atoms with van der Waals surface area (Å²) in [5.41, 5.74) is 0.556. The van der Waals surface area contributed by atoms with Gasteiger partial charge in [0.2, 0.25) is 0 Å². The van der Waals surface area contributed by atoms with Gasteiger partial charge in [0.1, 0.15) is 11.5 Å². The van der Waals surface area contributed by atoms with Gasteiger partial charge in [0.05, 0.1) is 24.9 Å². The maximum Gasteiger partial charge on any atom is 0.199 e. The molecule has 1 N–H and O–H groups in total. The summed E-state index contributed by atoms with van der Waals surface area (Å²) >= 11 is 0. The van der Waals surface area contributed by atoms with Crippen molar-refractivity contribution in [2.45, 2.75) is 6.29 Å². The van der Waals surface area contributed by atoms with Crippen molar-refractivity contribution in [1.29, 1.82) is 0 Å². The predicted octanol–water partition coefficient (Wildman–Crippen LogP) is 1.08. The summed E-state index contributed by atoms with van der Waals surface area (Å²) in [5.74, 6) is -0.762. The molecule has 104 valence electrons. The number of carbonyl (C=O) groups is 2. The summed E-state index contributed by atoms with van der Waals surface area (Å²) < 4.78 is 15.3. The van der Waals surface area contributed by atoms with E-state index in [9.17, 15) is 14.7 Å². The molecule has 0 spiro atoms. The number of hydrogen-bond acceptors (Lipinski definition) is 6. The molecule has 0 aromatic heterocycles. The third kappa shape index (κ3) is 1.59. The van der Waals surface area contributed by atoms with E-state index in [1.807, 2.05) is 0 Å². The second-order valence-electron chi connectivity index (χ2n) is 4.50. The van der Waals surface area contributed by atoms with Gasteiger partial charge in [0, 0.05) is 24.3 Å². The van der Waals surface area contributed by atoms with Crippen molar-refractivity contribution >= 4 is 11.6 Å². The van der Waals surface area contributed by atoms with Crippen LogP contribution >= 0.6 is 0 Å². The van der Waals surface area contributed by atoms with Crippen LogP contribution in [0.25, 0.3) is 0 Å². The standard InChI is InChI=1S/C14H12O6/c1-18-6-3-7-10(9(15)4-6)13(17)11-8(12(7)16)5-20-14(11)19-2/h3-4,14-15H,5H2,1-2H3. The van der Waals surface area contributed by atoms with Crippen LogP contribution in [0.2, 0.25) is 0 Å². The smallest absolute Gasteiger partial charge is 0.199 e. The number of methoxy groups -OCH3 is 2. The number of phenols is 1. The van der Waals surface area contributed by atoms with Crippen molar-refractivity contribution in [1.82, 2.24) is 0 Å². The largest absolute Gasteiger partial charge is 0.507 e. The van der Waals surface area contributed by atoms with Crippen molar-refractivity contribution in [3.05, 3.63) is 34.4 Å². The third-order valence-electron chi connectivity index (χ3n) is 3.47. The Labute approximate surface area is 114 Å². The van der Waals surface area contributed by atoms with Gasteiger partial charge in [0.25, 0.3) is 0 Å². The lowest BCUT2D eigenvalue weighted by molar-refractivity contribution is -0.0738. The van der Waals surface area contributed by atoms with E-state index in [0.717, 1.165) is 0 Å². The average Bonchev–Trinajstić information content (AvgIpc) is 2.88. The highest BCUT2D eigenvalue weighted by Gasteiger charge is 2.42. The molecule has 0 saturated heterocycles. The molecule has 0 radical (unpaired) electrons. The first-order chi connectivity index (χ1) is 9.58. The van der Waals surface area contributed by atoms with Crippen LogP contribution in [0.5, 0.6) is 11.5 Å². The predicted molar refractivity (Wildman–Crippen MR) is 67.1 cm³/mol. The lowest BCUT2D eigenvalue weighted by Crippen LogP contribution is -2.25. The number of fused-ring (bicyclic) bond motifs is 1. The van der Waals surface area contributed by atoms with Crippen molar-refractivity contribution in [2.24, 2.45) is 0 Å². The third-order valence-corrected chi connectivity index (χ3v) is 3.47. The summed E-state index contributed by atoms with van der Waals surface area (Å²) in [4.78, 5) is 24.9. The fourth-order valence-electron chi connectivity index (χ4n) is 2.51. The summed E-state index contributed by atoms with van der Waals surface area (Å²) in [5, 5.41) is 9.98. The first kappa shape index (κ1) is 12.8. The highest BCUT2D eigenvalue weighted by atomic mass is 16.7. The number of phenolic OH excluding ortho intramolecular Hbond substituents is 1. The van der Waals surface area contributed by atoms with Crippen molar-refractivity contribution in [2.75, 3.05) is 20.8 Å². The number of ether oxygens (including phenoxy) is 3. The highest BCUT2D eigenvalue weighted by molar-refractivity contribution is 6.28. The Morgan fingerprint density at radius 3 is 2.65 bits per heavy atom. The van der Waals surface area contributed by atoms with E-state index < -0.39 is 12.1 Å². The van der Waals surface area contributed by atoms with E-state index in [0.29, 0.717) is 5.75 Å². The molecule has 1 heterocycles. The molecule has 0 bridgehead atoms. The van der Waals surface area contributed by atoms with E-state index in [2.05, 4.69) is 0 Å². The molecule has 1 aliphatic heterocycles. The number of Topliss-reactive ketones (excluding diaryl/α,β-unsaturated/α-hetero) is 2. The second-order valence-corrected chi connectivity index (χ2v) is 4.50. The van der Waals surface area contributed by atoms with E-state index in [-0.39, 0.29) is 40.4 Å². The molecule has 3 rings (SSSR count). The lowest BCUT2D eigenvalue weighted by Gasteiger charge is -2.19. The SMILES string of the molecule is COc1cc(O)c2c(c1)C(=O)C1=C(C2=O)C(OC)OC1. The first-order valence-corrected chi connectivity index (χ1v) is 5.96. The first-order valence-electron chi connectivity index (χ1n) is 5.96. The van der Waals surface area contributed by atoms with Crippen molar-refractivity contribution < 1.29 is 28.9 Å². The second kappa shape index (κ2) is 4.43. The number of benzene rings is 1. The summed E-state index contributed by atoms with van der Waals surface area (Å²) in [6.07, 6.45) is -0.865. The zero-order valence-electron chi connectivity index (χ0n) is 10.9. The van der Waals surface area contributed by atoms with Gasteiger partial charge in [-0.25, -0.2) is 0 Å². The molecule has 0 amide bonds. The van der Waals surface area contributed by atoms with Crippen LogP contribution in [0.1, 0.15) is 20.7 Å². The number of rotatable bonds is 2. The Bertz CT molecular complexity index is 658. The Morgan fingerprint density at radius 1 is 1.25 bits per heavy atom. The molecule has 6 heteroatoms. The van der Waals surface area contributed by atoms with Crippen LogP contribution in [-0.4, -0.2) is 43.8 Å². The van der Waals surface area contributed by atoms with Gasteiger partial charge in [-0.15, -0.1) is 0 Å². The summed E-state index contributed by atoms with van der Waals surface area (Å²) in [6.45, 7) is 0.0236. The van der Waals surface area contributed by atoms with Gasteiger partial charge in [-0.3, -0.25) is 9.59 Å². The Morgan fingerprint density at radius 2 is 2.00 bits per heavy atom. The lowest BCUT2D eigenvalue weighted by atomic mass is 9.84. The normalized spacial score (nSPS) is 21.0. The van der Waals surface area contributed by atoms with Crippen LogP contribution < -0.4 is 4.74 Å². The Kier molecular flexibility index (Phi) is 2.84. The molecule has 1 unspecified atom stereocenters. The molecular formula is C14H12O6. The van der Waals surface area contributed by atoms with Crippen LogP contribution in [-0.2, 0) is 9.47 Å². The maximum absolute atomic E-state index is 12.5. The van der Waals surface area contributed by atoms with Gasteiger partial charge < -0.3 is 19.3 Å². The monoisotopic (exact) mass is 276 g/mol. The molecule has 1 atom stereocenters. The quantitative estimate of drug-likeness (QED) is 0.870.